The van der Waals surface area contributed by atoms with Gasteiger partial charge < -0.3 is 4.90 Å². The molecule has 0 N–H and O–H groups in total. The first-order valence-electron chi connectivity index (χ1n) is 4.77. The van der Waals surface area contributed by atoms with Crippen molar-refractivity contribution in [1.29, 1.82) is 0 Å². The van der Waals surface area contributed by atoms with Crippen molar-refractivity contribution in [2.75, 3.05) is 13.6 Å². The minimum atomic E-state index is -0.446. The highest BCUT2D eigenvalue weighted by Gasteiger charge is 2.17. The molecule has 1 atom stereocenters. The van der Waals surface area contributed by atoms with Gasteiger partial charge in [0.2, 0.25) is 0 Å². The number of hydrogen-bond donors (Lipinski definition) is 0. The van der Waals surface area contributed by atoms with Crippen molar-refractivity contribution in [2.45, 2.75) is 12.3 Å². The Morgan fingerprint density at radius 1 is 1.62 bits per heavy atom. The van der Waals surface area contributed by atoms with E-state index in [0.29, 0.717) is 12.1 Å². The van der Waals surface area contributed by atoms with Crippen LogP contribution in [0.5, 0.6) is 0 Å². The van der Waals surface area contributed by atoms with Crippen LogP contribution in [0.1, 0.15) is 17.3 Å². The first-order valence-corrected chi connectivity index (χ1v) is 6.00. The fraction of sp³-hybridized carbons (Fsp3) is 0.364. The lowest BCUT2D eigenvalue weighted by Gasteiger charge is -2.19. The normalized spacial score (nSPS) is 12.3. The van der Waals surface area contributed by atoms with E-state index in [4.69, 9.17) is 11.6 Å². The predicted molar refractivity (Wildman–Crippen MR) is 66.4 cm³/mol. The topological polar surface area (TPSA) is 20.3 Å². The molecule has 0 saturated carbocycles. The van der Waals surface area contributed by atoms with Crippen molar-refractivity contribution in [3.05, 3.63) is 34.1 Å². The molecule has 1 rings (SSSR count). The maximum Gasteiger partial charge on any atom is 0.254 e. The van der Waals surface area contributed by atoms with E-state index < -0.39 is 5.82 Å². The van der Waals surface area contributed by atoms with Crippen molar-refractivity contribution in [3.63, 3.8) is 0 Å². The zero-order valence-electron chi connectivity index (χ0n) is 9.01. The third-order valence-corrected chi connectivity index (χ3v) is 3.00. The third kappa shape index (κ3) is 3.19. The second-order valence-electron chi connectivity index (χ2n) is 3.57. The molecule has 2 nitrogen and oxygen atoms in total. The van der Waals surface area contributed by atoms with Gasteiger partial charge in [-0.25, -0.2) is 4.39 Å². The van der Waals surface area contributed by atoms with Gasteiger partial charge in [-0.1, -0.05) is 6.07 Å². The number of amides is 1. The van der Waals surface area contributed by atoms with E-state index in [0.717, 1.165) is 0 Å². The second-order valence-corrected chi connectivity index (χ2v) is 5.11. The van der Waals surface area contributed by atoms with E-state index in [-0.39, 0.29) is 15.8 Å². The maximum absolute atomic E-state index is 13.2. The number of hydrogen-bond acceptors (Lipinski definition) is 1. The number of nitrogens with zero attached hydrogens (tertiary/aromatic N) is 1. The molecule has 1 aromatic rings. The van der Waals surface area contributed by atoms with Crippen LogP contribution in [0, 0.1) is 5.82 Å². The van der Waals surface area contributed by atoms with Crippen LogP contribution < -0.4 is 0 Å². The van der Waals surface area contributed by atoms with Crippen LogP contribution in [-0.4, -0.2) is 29.8 Å². The number of benzene rings is 1. The lowest BCUT2D eigenvalue weighted by atomic mass is 10.2. The van der Waals surface area contributed by atoms with E-state index >= 15 is 0 Å². The second kappa shape index (κ2) is 5.64. The Kier molecular flexibility index (Phi) is 4.74. The molecule has 88 valence electrons. The van der Waals surface area contributed by atoms with Crippen LogP contribution in [0.3, 0.4) is 0 Å². The summed E-state index contributed by atoms with van der Waals surface area (Å²) in [7, 11) is 1.64. The summed E-state index contributed by atoms with van der Waals surface area (Å²) in [6.45, 7) is 2.22. The monoisotopic (exact) mass is 307 g/mol. The molecular weight excluding hydrogens is 296 g/mol. The number of carbonyl (C=O) groups is 1. The smallest absolute Gasteiger partial charge is 0.254 e. The molecule has 0 saturated heterocycles. The van der Waals surface area contributed by atoms with Gasteiger partial charge in [-0.2, -0.15) is 0 Å². The first kappa shape index (κ1) is 13.5. The van der Waals surface area contributed by atoms with Gasteiger partial charge in [-0.05, 0) is 35.0 Å². The Balaban J connectivity index is 2.92. The van der Waals surface area contributed by atoms with Gasteiger partial charge in [0.25, 0.3) is 5.91 Å². The Hall–Kier alpha value is -0.610. The molecule has 5 heteroatoms. The molecular formula is C11H12BrClFNO. The minimum Gasteiger partial charge on any atom is -0.340 e. The van der Waals surface area contributed by atoms with Gasteiger partial charge in [0.15, 0.2) is 0 Å². The average molecular weight is 309 g/mol. The Bertz CT molecular complexity index is 398. The Morgan fingerprint density at radius 3 is 2.81 bits per heavy atom. The zero-order valence-corrected chi connectivity index (χ0v) is 11.3. The van der Waals surface area contributed by atoms with Crippen molar-refractivity contribution in [1.82, 2.24) is 4.90 Å². The average Bonchev–Trinajstić information content (AvgIpc) is 2.20. The van der Waals surface area contributed by atoms with Crippen LogP contribution in [0.4, 0.5) is 4.39 Å². The molecule has 0 fully saturated rings. The van der Waals surface area contributed by atoms with Gasteiger partial charge >= 0.3 is 0 Å². The molecule has 0 aliphatic rings. The lowest BCUT2D eigenvalue weighted by molar-refractivity contribution is 0.0794. The van der Waals surface area contributed by atoms with Gasteiger partial charge in [-0.15, -0.1) is 11.6 Å². The van der Waals surface area contributed by atoms with Crippen LogP contribution in [0.2, 0.25) is 0 Å². The van der Waals surface area contributed by atoms with Crippen molar-refractivity contribution >= 4 is 33.4 Å². The lowest BCUT2D eigenvalue weighted by Crippen LogP contribution is -2.31. The molecule has 0 aromatic heterocycles. The summed E-state index contributed by atoms with van der Waals surface area (Å²) in [6, 6.07) is 4.38. The number of carbonyl (C=O) groups excluding carboxylic acids is 1. The molecule has 0 bridgehead atoms. The molecule has 0 heterocycles. The van der Waals surface area contributed by atoms with E-state index in [2.05, 4.69) is 15.9 Å². The number of rotatable bonds is 3. The van der Waals surface area contributed by atoms with Crippen LogP contribution in [-0.2, 0) is 0 Å². The number of halogens is 3. The Morgan fingerprint density at radius 2 is 2.25 bits per heavy atom. The highest BCUT2D eigenvalue weighted by atomic mass is 79.9. The summed E-state index contributed by atoms with van der Waals surface area (Å²) >= 11 is 8.86. The van der Waals surface area contributed by atoms with Gasteiger partial charge in [0.05, 0.1) is 10.0 Å². The molecule has 0 aliphatic heterocycles. The highest BCUT2D eigenvalue weighted by molar-refractivity contribution is 9.10. The number of alkyl halides is 1. The summed E-state index contributed by atoms with van der Waals surface area (Å²) in [5, 5.41) is -0.138. The molecule has 1 amide bonds. The summed E-state index contributed by atoms with van der Waals surface area (Å²) < 4.78 is 13.4. The van der Waals surface area contributed by atoms with Crippen molar-refractivity contribution < 1.29 is 9.18 Å². The van der Waals surface area contributed by atoms with Crippen molar-refractivity contribution in [2.24, 2.45) is 0 Å². The molecule has 0 spiro atoms. The molecule has 16 heavy (non-hydrogen) atoms. The van der Waals surface area contributed by atoms with Gasteiger partial charge in [0.1, 0.15) is 5.82 Å². The fourth-order valence-corrected chi connectivity index (χ4v) is 1.98. The summed E-state index contributed by atoms with van der Waals surface area (Å²) in [4.78, 5) is 13.4. The summed E-state index contributed by atoms with van der Waals surface area (Å²) in [5.74, 6) is -0.697. The SMILES string of the molecule is CC(Cl)CN(C)C(=O)c1cccc(F)c1Br. The molecule has 0 aliphatic carbocycles. The van der Waals surface area contributed by atoms with Crippen molar-refractivity contribution in [3.8, 4) is 0 Å². The van der Waals surface area contributed by atoms with E-state index in [1.165, 1.54) is 17.0 Å². The van der Waals surface area contributed by atoms with E-state index in [1.54, 1.807) is 20.0 Å². The maximum atomic E-state index is 13.2. The molecule has 1 aromatic carbocycles. The van der Waals surface area contributed by atoms with Crippen LogP contribution in [0.15, 0.2) is 22.7 Å². The largest absolute Gasteiger partial charge is 0.340 e. The Labute approximate surface area is 108 Å². The van der Waals surface area contributed by atoms with Crippen LogP contribution in [0.25, 0.3) is 0 Å². The predicted octanol–water partition coefficient (Wildman–Crippen LogP) is 3.29. The van der Waals surface area contributed by atoms with Gasteiger partial charge in [0, 0.05) is 19.0 Å². The first-order chi connectivity index (χ1) is 7.43. The molecule has 1 unspecified atom stereocenters. The van der Waals surface area contributed by atoms with Crippen LogP contribution >= 0.6 is 27.5 Å². The zero-order chi connectivity index (χ0) is 12.3. The summed E-state index contributed by atoms with van der Waals surface area (Å²) in [6.07, 6.45) is 0. The highest BCUT2D eigenvalue weighted by Crippen LogP contribution is 2.21. The standard InChI is InChI=1S/C11H12BrClFNO/c1-7(13)6-15(2)11(16)8-4-3-5-9(14)10(8)12/h3-5,7H,6H2,1-2H3. The molecule has 0 radical (unpaired) electrons. The van der Waals surface area contributed by atoms with E-state index in [1.807, 2.05) is 0 Å². The third-order valence-electron chi connectivity index (χ3n) is 2.05. The summed E-state index contributed by atoms with van der Waals surface area (Å²) in [5.41, 5.74) is 0.305. The minimum absolute atomic E-state index is 0.138. The quantitative estimate of drug-likeness (QED) is 0.785. The fourth-order valence-electron chi connectivity index (χ4n) is 1.33. The van der Waals surface area contributed by atoms with Gasteiger partial charge in [-0.3, -0.25) is 4.79 Å². The van der Waals surface area contributed by atoms with E-state index in [9.17, 15) is 9.18 Å².